The van der Waals surface area contributed by atoms with Crippen molar-refractivity contribution in [1.29, 1.82) is 0 Å². The van der Waals surface area contributed by atoms with Gasteiger partial charge in [-0.25, -0.2) is 4.79 Å². The predicted molar refractivity (Wildman–Crippen MR) is 55.7 cm³/mol. The summed E-state index contributed by atoms with van der Waals surface area (Å²) in [5.41, 5.74) is 0. The van der Waals surface area contributed by atoms with Crippen LogP contribution in [-0.4, -0.2) is 58.9 Å². The molecule has 0 aromatic heterocycles. The molecule has 16 heavy (non-hydrogen) atoms. The minimum atomic E-state index is -1.13. The molecule has 6 nitrogen and oxygen atoms in total. The van der Waals surface area contributed by atoms with Crippen molar-refractivity contribution in [3.63, 3.8) is 0 Å². The second-order valence-corrected chi connectivity index (χ2v) is 4.08. The van der Waals surface area contributed by atoms with Gasteiger partial charge in [0, 0.05) is 20.1 Å². The smallest absolute Gasteiger partial charge is 0.326 e. The van der Waals surface area contributed by atoms with Crippen molar-refractivity contribution in [2.24, 2.45) is 0 Å². The van der Waals surface area contributed by atoms with Crippen LogP contribution < -0.4 is 0 Å². The van der Waals surface area contributed by atoms with E-state index in [4.69, 9.17) is 5.11 Å². The molecular weight excluding hydrogens is 212 g/mol. The van der Waals surface area contributed by atoms with Gasteiger partial charge in [-0.2, -0.15) is 0 Å². The molecule has 0 heterocycles. The average molecular weight is 228 g/mol. The molecule has 1 aliphatic rings. The summed E-state index contributed by atoms with van der Waals surface area (Å²) < 4.78 is 0. The highest BCUT2D eigenvalue weighted by molar-refractivity contribution is 6.35. The van der Waals surface area contributed by atoms with Crippen molar-refractivity contribution in [1.82, 2.24) is 9.80 Å². The minimum absolute atomic E-state index is 0.144. The molecule has 90 valence electrons. The Morgan fingerprint density at radius 1 is 1.19 bits per heavy atom. The zero-order valence-electron chi connectivity index (χ0n) is 9.64. The third-order valence-electron chi connectivity index (χ3n) is 2.86. The van der Waals surface area contributed by atoms with Crippen LogP contribution in [-0.2, 0) is 14.4 Å². The van der Waals surface area contributed by atoms with Gasteiger partial charge in [0.15, 0.2) is 0 Å². The lowest BCUT2D eigenvalue weighted by Gasteiger charge is -2.23. The van der Waals surface area contributed by atoms with Crippen molar-refractivity contribution in [2.45, 2.75) is 31.8 Å². The Bertz CT molecular complexity index is 325. The lowest BCUT2D eigenvalue weighted by molar-refractivity contribution is -0.156. The number of hydrogen-bond acceptors (Lipinski definition) is 3. The van der Waals surface area contributed by atoms with Crippen LogP contribution in [0.15, 0.2) is 0 Å². The standard InChI is InChI=1S/C10H16N2O4/c1-6(10(15)16)11(2)8(13)9(14)12(3)7-4-5-7/h6-7H,4-5H2,1-3H3,(H,15,16)/t6-/m1/s1. The molecule has 0 aliphatic heterocycles. The van der Waals surface area contributed by atoms with E-state index in [1.165, 1.54) is 18.9 Å². The topological polar surface area (TPSA) is 77.9 Å². The van der Waals surface area contributed by atoms with Crippen LogP contribution in [0, 0.1) is 0 Å². The number of amides is 2. The Hall–Kier alpha value is -1.59. The zero-order valence-corrected chi connectivity index (χ0v) is 9.64. The summed E-state index contributed by atoms with van der Waals surface area (Å²) in [7, 11) is 2.89. The van der Waals surface area contributed by atoms with Gasteiger partial charge >= 0.3 is 17.8 Å². The van der Waals surface area contributed by atoms with Gasteiger partial charge < -0.3 is 14.9 Å². The maximum absolute atomic E-state index is 11.6. The largest absolute Gasteiger partial charge is 0.480 e. The number of carbonyl (C=O) groups excluding carboxylic acids is 2. The Balaban J connectivity index is 2.62. The number of carboxylic acid groups (broad SMARTS) is 1. The molecule has 0 aromatic rings. The lowest BCUT2D eigenvalue weighted by atomic mass is 10.3. The van der Waals surface area contributed by atoms with Crippen molar-refractivity contribution in [2.75, 3.05) is 14.1 Å². The highest BCUT2D eigenvalue weighted by Crippen LogP contribution is 2.25. The van der Waals surface area contributed by atoms with Gasteiger partial charge in [0.25, 0.3) is 0 Å². The first-order valence-corrected chi connectivity index (χ1v) is 5.13. The van der Waals surface area contributed by atoms with Gasteiger partial charge in [0.05, 0.1) is 0 Å². The van der Waals surface area contributed by atoms with Crippen LogP contribution >= 0.6 is 0 Å². The Labute approximate surface area is 93.8 Å². The summed E-state index contributed by atoms with van der Waals surface area (Å²) in [4.78, 5) is 36.3. The first-order chi connectivity index (χ1) is 7.36. The zero-order chi connectivity index (χ0) is 12.5. The first kappa shape index (κ1) is 12.5. The molecule has 0 radical (unpaired) electrons. The van der Waals surface area contributed by atoms with Gasteiger partial charge in [-0.1, -0.05) is 0 Å². The third kappa shape index (κ3) is 2.50. The molecule has 0 saturated heterocycles. The second-order valence-electron chi connectivity index (χ2n) is 4.08. The molecule has 0 aromatic carbocycles. The molecule has 1 aliphatic carbocycles. The van der Waals surface area contributed by atoms with Crippen LogP contribution in [0.4, 0.5) is 0 Å². The van der Waals surface area contributed by atoms with Crippen molar-refractivity contribution < 1.29 is 19.5 Å². The maximum atomic E-state index is 11.6. The quantitative estimate of drug-likeness (QED) is 0.663. The Morgan fingerprint density at radius 3 is 2.06 bits per heavy atom. The van der Waals surface area contributed by atoms with Gasteiger partial charge in [-0.15, -0.1) is 0 Å². The maximum Gasteiger partial charge on any atom is 0.326 e. The molecular formula is C10H16N2O4. The summed E-state index contributed by atoms with van der Waals surface area (Å²) in [6.07, 6.45) is 1.82. The summed E-state index contributed by atoms with van der Waals surface area (Å²) in [5, 5.41) is 8.72. The van der Waals surface area contributed by atoms with Crippen molar-refractivity contribution in [3.8, 4) is 0 Å². The Morgan fingerprint density at radius 2 is 1.69 bits per heavy atom. The fraction of sp³-hybridized carbons (Fsp3) is 0.700. The molecule has 2 amide bonds. The van der Waals surface area contributed by atoms with E-state index in [9.17, 15) is 14.4 Å². The van der Waals surface area contributed by atoms with Gasteiger partial charge in [0.2, 0.25) is 0 Å². The van der Waals surface area contributed by atoms with E-state index in [0.29, 0.717) is 0 Å². The highest BCUT2D eigenvalue weighted by atomic mass is 16.4. The molecule has 1 fully saturated rings. The van der Waals surface area contributed by atoms with Crippen LogP contribution in [0.25, 0.3) is 0 Å². The number of nitrogens with zero attached hydrogens (tertiary/aromatic N) is 2. The normalized spacial score (nSPS) is 16.4. The number of aliphatic carboxylic acids is 1. The Kier molecular flexibility index (Phi) is 3.51. The lowest BCUT2D eigenvalue weighted by Crippen LogP contribution is -2.48. The van der Waals surface area contributed by atoms with E-state index >= 15 is 0 Å². The SMILES string of the molecule is C[C@H](C(=O)O)N(C)C(=O)C(=O)N(C)C1CC1. The second kappa shape index (κ2) is 4.51. The van der Waals surface area contributed by atoms with Crippen LogP contribution in [0.2, 0.25) is 0 Å². The summed E-state index contributed by atoms with van der Waals surface area (Å²) in [5.74, 6) is -2.54. The molecule has 0 bridgehead atoms. The van der Waals surface area contributed by atoms with Crippen LogP contribution in [0.3, 0.4) is 0 Å². The van der Waals surface area contributed by atoms with Crippen LogP contribution in [0.1, 0.15) is 19.8 Å². The molecule has 1 atom stereocenters. The minimum Gasteiger partial charge on any atom is -0.480 e. The molecule has 6 heteroatoms. The molecule has 1 rings (SSSR count). The van der Waals surface area contributed by atoms with E-state index in [1.54, 1.807) is 7.05 Å². The number of likely N-dealkylation sites (N-methyl/N-ethyl adjacent to an activating group) is 2. The first-order valence-electron chi connectivity index (χ1n) is 5.13. The number of carbonyl (C=O) groups is 3. The predicted octanol–water partition coefficient (Wildman–Crippen LogP) is -0.461. The van der Waals surface area contributed by atoms with E-state index < -0.39 is 23.8 Å². The van der Waals surface area contributed by atoms with Gasteiger partial charge in [-0.3, -0.25) is 9.59 Å². The van der Waals surface area contributed by atoms with E-state index in [2.05, 4.69) is 0 Å². The molecule has 0 spiro atoms. The molecule has 1 saturated carbocycles. The van der Waals surface area contributed by atoms with Crippen LogP contribution in [0.5, 0.6) is 0 Å². The molecule has 0 unspecified atom stereocenters. The highest BCUT2D eigenvalue weighted by Gasteiger charge is 2.35. The molecule has 1 N–H and O–H groups in total. The summed E-state index contributed by atoms with van der Waals surface area (Å²) in [6, 6.07) is -0.853. The number of hydrogen-bond donors (Lipinski definition) is 1. The summed E-state index contributed by atoms with van der Waals surface area (Å²) >= 11 is 0. The van der Waals surface area contributed by atoms with E-state index in [0.717, 1.165) is 17.7 Å². The fourth-order valence-corrected chi connectivity index (χ4v) is 1.27. The third-order valence-corrected chi connectivity index (χ3v) is 2.86. The van der Waals surface area contributed by atoms with Gasteiger partial charge in [-0.05, 0) is 19.8 Å². The van der Waals surface area contributed by atoms with E-state index in [-0.39, 0.29) is 6.04 Å². The fourth-order valence-electron chi connectivity index (χ4n) is 1.27. The number of rotatable bonds is 3. The van der Waals surface area contributed by atoms with Crippen molar-refractivity contribution in [3.05, 3.63) is 0 Å². The van der Waals surface area contributed by atoms with Gasteiger partial charge in [0.1, 0.15) is 6.04 Å². The number of carboxylic acids is 1. The monoisotopic (exact) mass is 228 g/mol. The van der Waals surface area contributed by atoms with Crippen molar-refractivity contribution >= 4 is 17.8 Å². The average Bonchev–Trinajstić information content (AvgIpc) is 3.07. The summed E-state index contributed by atoms with van der Waals surface area (Å²) in [6.45, 7) is 1.37. The van der Waals surface area contributed by atoms with E-state index in [1.807, 2.05) is 0 Å².